The lowest BCUT2D eigenvalue weighted by Crippen LogP contribution is -1.97. The monoisotopic (exact) mass is 270 g/mol. The van der Waals surface area contributed by atoms with E-state index in [1.807, 2.05) is 0 Å². The molecular formula is C9H7BrN2O3. The molecule has 78 valence electrons. The van der Waals surface area contributed by atoms with Gasteiger partial charge in [0.15, 0.2) is 0 Å². The van der Waals surface area contributed by atoms with E-state index in [1.165, 1.54) is 7.11 Å². The quantitative estimate of drug-likeness (QED) is 0.876. The van der Waals surface area contributed by atoms with Gasteiger partial charge in [0.05, 0.1) is 17.2 Å². The van der Waals surface area contributed by atoms with Crippen molar-refractivity contribution < 1.29 is 14.6 Å². The fourth-order valence-corrected chi connectivity index (χ4v) is 1.90. The number of methoxy groups -OCH3 is 1. The summed E-state index contributed by atoms with van der Waals surface area (Å²) in [5.41, 5.74) is 1.15. The fraction of sp³-hybridized carbons (Fsp3) is 0.111. The number of carboxylic acids is 1. The number of hydrogen-bond acceptors (Lipinski definition) is 3. The number of halogens is 1. The molecule has 0 unspecified atom stereocenters. The average molecular weight is 271 g/mol. The first kappa shape index (κ1) is 9.97. The van der Waals surface area contributed by atoms with Crippen molar-refractivity contribution in [1.29, 1.82) is 0 Å². The molecule has 0 fully saturated rings. The molecule has 0 spiro atoms. The second kappa shape index (κ2) is 3.54. The Hall–Kier alpha value is -1.56. The molecule has 0 saturated heterocycles. The number of ether oxygens (including phenoxy) is 1. The summed E-state index contributed by atoms with van der Waals surface area (Å²) in [5, 5.41) is 8.99. The van der Waals surface area contributed by atoms with E-state index in [-0.39, 0.29) is 5.56 Å². The lowest BCUT2D eigenvalue weighted by atomic mass is 10.3. The number of aromatic carboxylic acids is 1. The number of pyridine rings is 1. The van der Waals surface area contributed by atoms with E-state index in [1.54, 1.807) is 12.1 Å². The molecule has 6 heteroatoms. The van der Waals surface area contributed by atoms with E-state index >= 15 is 0 Å². The van der Waals surface area contributed by atoms with Crippen molar-refractivity contribution in [3.05, 3.63) is 22.3 Å². The molecule has 0 saturated carbocycles. The molecular weight excluding hydrogens is 264 g/mol. The van der Waals surface area contributed by atoms with Crippen LogP contribution in [0.1, 0.15) is 10.4 Å². The summed E-state index contributed by atoms with van der Waals surface area (Å²) in [4.78, 5) is 17.9. The standard InChI is InChI=1S/C9H7BrN2O3/c1-15-5-3-2-4-7(12-5)6(9(13)14)8(10)11-4/h2-3,11H,1H3,(H,13,14). The van der Waals surface area contributed by atoms with Crippen molar-refractivity contribution in [2.45, 2.75) is 0 Å². The van der Waals surface area contributed by atoms with Gasteiger partial charge in [-0.25, -0.2) is 9.78 Å². The summed E-state index contributed by atoms with van der Waals surface area (Å²) in [6.45, 7) is 0. The van der Waals surface area contributed by atoms with Gasteiger partial charge in [-0.15, -0.1) is 0 Å². The van der Waals surface area contributed by atoms with E-state index < -0.39 is 5.97 Å². The first-order valence-corrected chi connectivity index (χ1v) is 4.88. The predicted octanol–water partition coefficient (Wildman–Crippen LogP) is 2.03. The summed E-state index contributed by atoms with van der Waals surface area (Å²) in [7, 11) is 1.48. The van der Waals surface area contributed by atoms with Gasteiger partial charge in [0, 0.05) is 6.07 Å². The van der Waals surface area contributed by atoms with E-state index in [0.29, 0.717) is 21.5 Å². The Labute approximate surface area is 93.2 Å². The van der Waals surface area contributed by atoms with Crippen LogP contribution in [0.5, 0.6) is 5.88 Å². The maximum atomic E-state index is 11.0. The molecule has 2 aromatic heterocycles. The van der Waals surface area contributed by atoms with E-state index in [0.717, 1.165) is 0 Å². The summed E-state index contributed by atoms with van der Waals surface area (Å²) in [5.74, 6) is -0.648. The van der Waals surface area contributed by atoms with Gasteiger partial charge >= 0.3 is 5.97 Å². The summed E-state index contributed by atoms with van der Waals surface area (Å²) < 4.78 is 5.34. The van der Waals surface area contributed by atoms with Crippen molar-refractivity contribution in [3.8, 4) is 5.88 Å². The molecule has 0 radical (unpaired) electrons. The maximum Gasteiger partial charge on any atom is 0.340 e. The molecule has 5 nitrogen and oxygen atoms in total. The highest BCUT2D eigenvalue weighted by molar-refractivity contribution is 9.10. The lowest BCUT2D eigenvalue weighted by molar-refractivity contribution is 0.0698. The Morgan fingerprint density at radius 3 is 2.93 bits per heavy atom. The van der Waals surface area contributed by atoms with Crippen LogP contribution in [0, 0.1) is 0 Å². The second-order valence-corrected chi connectivity index (χ2v) is 3.66. The number of hydrogen-bond donors (Lipinski definition) is 2. The number of carbonyl (C=O) groups is 1. The molecule has 0 aliphatic carbocycles. The minimum atomic E-state index is -1.03. The fourth-order valence-electron chi connectivity index (χ4n) is 1.33. The van der Waals surface area contributed by atoms with Crippen molar-refractivity contribution >= 4 is 32.9 Å². The average Bonchev–Trinajstić information content (AvgIpc) is 2.52. The topological polar surface area (TPSA) is 75.2 Å². The Morgan fingerprint density at radius 1 is 1.60 bits per heavy atom. The minimum absolute atomic E-state index is 0.115. The number of H-pyrrole nitrogens is 1. The predicted molar refractivity (Wildman–Crippen MR) is 57.3 cm³/mol. The van der Waals surface area contributed by atoms with Crippen LogP contribution in [-0.4, -0.2) is 28.2 Å². The number of carboxylic acid groups (broad SMARTS) is 1. The van der Waals surface area contributed by atoms with Gasteiger partial charge in [0.25, 0.3) is 0 Å². The number of nitrogens with one attached hydrogen (secondary N) is 1. The highest BCUT2D eigenvalue weighted by Crippen LogP contribution is 2.26. The van der Waals surface area contributed by atoms with Crippen molar-refractivity contribution in [2.75, 3.05) is 7.11 Å². The number of aromatic amines is 1. The van der Waals surface area contributed by atoms with E-state index in [9.17, 15) is 4.79 Å². The second-order valence-electron chi connectivity index (χ2n) is 2.87. The van der Waals surface area contributed by atoms with Crippen LogP contribution in [0.3, 0.4) is 0 Å². The molecule has 0 aromatic carbocycles. The zero-order valence-electron chi connectivity index (χ0n) is 7.74. The Kier molecular flexibility index (Phi) is 2.36. The highest BCUT2D eigenvalue weighted by atomic mass is 79.9. The zero-order chi connectivity index (χ0) is 11.0. The zero-order valence-corrected chi connectivity index (χ0v) is 9.33. The van der Waals surface area contributed by atoms with Crippen LogP contribution < -0.4 is 4.74 Å². The van der Waals surface area contributed by atoms with Crippen LogP contribution in [0.4, 0.5) is 0 Å². The van der Waals surface area contributed by atoms with Crippen LogP contribution in [0.2, 0.25) is 0 Å². The summed E-state index contributed by atoms with van der Waals surface area (Å²) >= 11 is 3.14. The van der Waals surface area contributed by atoms with Gasteiger partial charge in [0.1, 0.15) is 11.1 Å². The molecule has 2 heterocycles. The smallest absolute Gasteiger partial charge is 0.340 e. The number of fused-ring (bicyclic) bond motifs is 1. The maximum absolute atomic E-state index is 11.0. The molecule has 2 aromatic rings. The van der Waals surface area contributed by atoms with Crippen LogP contribution in [0.15, 0.2) is 16.7 Å². The Balaban J connectivity index is 2.77. The van der Waals surface area contributed by atoms with Crippen LogP contribution in [-0.2, 0) is 0 Å². The lowest BCUT2D eigenvalue weighted by Gasteiger charge is -1.97. The molecule has 0 amide bonds. The molecule has 2 rings (SSSR count). The van der Waals surface area contributed by atoms with Gasteiger partial charge in [0.2, 0.25) is 5.88 Å². The van der Waals surface area contributed by atoms with Crippen LogP contribution >= 0.6 is 15.9 Å². The molecule has 15 heavy (non-hydrogen) atoms. The van der Waals surface area contributed by atoms with Crippen molar-refractivity contribution in [2.24, 2.45) is 0 Å². The number of aromatic nitrogens is 2. The highest BCUT2D eigenvalue weighted by Gasteiger charge is 2.17. The minimum Gasteiger partial charge on any atom is -0.481 e. The number of nitrogens with zero attached hydrogens (tertiary/aromatic N) is 1. The summed E-state index contributed by atoms with van der Waals surface area (Å²) in [6, 6.07) is 3.38. The summed E-state index contributed by atoms with van der Waals surface area (Å²) in [6.07, 6.45) is 0. The van der Waals surface area contributed by atoms with Gasteiger partial charge in [-0.1, -0.05) is 0 Å². The van der Waals surface area contributed by atoms with Crippen molar-refractivity contribution in [3.63, 3.8) is 0 Å². The van der Waals surface area contributed by atoms with Gasteiger partial charge in [-0.2, -0.15) is 0 Å². The van der Waals surface area contributed by atoms with Crippen LogP contribution in [0.25, 0.3) is 11.0 Å². The SMILES string of the molecule is COc1ccc2[nH]c(Br)c(C(=O)O)c2n1. The Bertz CT molecular complexity index is 535. The number of rotatable bonds is 2. The molecule has 0 aliphatic rings. The normalized spacial score (nSPS) is 10.5. The van der Waals surface area contributed by atoms with E-state index in [2.05, 4.69) is 25.9 Å². The first-order chi connectivity index (χ1) is 7.13. The third kappa shape index (κ3) is 1.56. The Morgan fingerprint density at radius 2 is 2.33 bits per heavy atom. The van der Waals surface area contributed by atoms with Gasteiger partial charge in [-0.05, 0) is 22.0 Å². The van der Waals surface area contributed by atoms with Crippen molar-refractivity contribution in [1.82, 2.24) is 9.97 Å². The molecule has 2 N–H and O–H groups in total. The molecule has 0 bridgehead atoms. The van der Waals surface area contributed by atoms with Gasteiger partial charge in [-0.3, -0.25) is 0 Å². The third-order valence-corrected chi connectivity index (χ3v) is 2.59. The molecule has 0 aliphatic heterocycles. The largest absolute Gasteiger partial charge is 0.481 e. The van der Waals surface area contributed by atoms with E-state index in [4.69, 9.17) is 9.84 Å². The molecule has 0 atom stereocenters. The van der Waals surface area contributed by atoms with Gasteiger partial charge < -0.3 is 14.8 Å². The third-order valence-electron chi connectivity index (χ3n) is 1.99. The first-order valence-electron chi connectivity index (χ1n) is 4.09.